The number of hydrogen-bond donors (Lipinski definition) is 0. The van der Waals surface area contributed by atoms with Crippen molar-refractivity contribution in [1.82, 2.24) is 0 Å². The largest absolute Gasteiger partial charge is 0.311 e. The van der Waals surface area contributed by atoms with Gasteiger partial charge in [0.1, 0.15) is 0 Å². The third-order valence-corrected chi connectivity index (χ3v) is 10.4. The van der Waals surface area contributed by atoms with Gasteiger partial charge in [0.05, 0.1) is 0 Å². The zero-order valence-electron chi connectivity index (χ0n) is 26.8. The van der Waals surface area contributed by atoms with Crippen LogP contribution in [0.5, 0.6) is 0 Å². The molecule has 9 aromatic rings. The Morgan fingerprint density at radius 2 is 0.776 bits per heavy atom. The fourth-order valence-electron chi connectivity index (χ4n) is 6.92. The Hall–Kier alpha value is -6.16. The topological polar surface area (TPSA) is 6.48 Å². The number of nitrogens with zero attached hydrogens (tertiary/aromatic N) is 2. The Morgan fingerprint density at radius 1 is 0.306 bits per heavy atom. The van der Waals surface area contributed by atoms with Crippen LogP contribution in [0.1, 0.15) is 0 Å². The van der Waals surface area contributed by atoms with Crippen molar-refractivity contribution >= 4 is 76.4 Å². The van der Waals surface area contributed by atoms with E-state index in [9.17, 15) is 0 Å². The van der Waals surface area contributed by atoms with Crippen LogP contribution in [0, 0.1) is 0 Å². The van der Waals surface area contributed by atoms with E-state index in [-0.39, 0.29) is 0 Å². The molecule has 0 saturated carbocycles. The second-order valence-electron chi connectivity index (χ2n) is 12.2. The van der Waals surface area contributed by atoms with Crippen molar-refractivity contribution in [3.63, 3.8) is 0 Å². The van der Waals surface area contributed by atoms with Gasteiger partial charge in [-0.2, -0.15) is 0 Å². The van der Waals surface area contributed by atoms with Crippen LogP contribution in [0.15, 0.2) is 194 Å². The van der Waals surface area contributed by atoms with Crippen LogP contribution in [0.25, 0.3) is 42.1 Å². The fraction of sp³-hybridized carbons (Fsp3) is 0. The maximum Gasteiger partial charge on any atom is 0.0476 e. The lowest BCUT2D eigenvalue weighted by Crippen LogP contribution is -2.12. The molecular weight excluding hydrogens is 613 g/mol. The molecule has 0 fully saturated rings. The van der Waals surface area contributed by atoms with Gasteiger partial charge in [-0.3, -0.25) is 0 Å². The number of benzene rings is 8. The highest BCUT2D eigenvalue weighted by molar-refractivity contribution is 7.25. The molecule has 3 heteroatoms. The van der Waals surface area contributed by atoms with Crippen LogP contribution < -0.4 is 9.80 Å². The summed E-state index contributed by atoms with van der Waals surface area (Å²) < 4.78 is 2.61. The number of fused-ring (bicyclic) bond motifs is 4. The van der Waals surface area contributed by atoms with Crippen LogP contribution in [0.2, 0.25) is 0 Å². The Kier molecular flexibility index (Phi) is 7.38. The van der Waals surface area contributed by atoms with E-state index in [1.807, 2.05) is 11.3 Å². The highest BCUT2D eigenvalue weighted by atomic mass is 32.1. The van der Waals surface area contributed by atoms with Gasteiger partial charge in [0.25, 0.3) is 0 Å². The van der Waals surface area contributed by atoms with Crippen molar-refractivity contribution in [1.29, 1.82) is 0 Å². The second-order valence-corrected chi connectivity index (χ2v) is 13.3. The molecule has 49 heavy (non-hydrogen) atoms. The predicted octanol–water partition coefficient (Wildman–Crippen LogP) is 13.8. The molecule has 8 aromatic carbocycles. The van der Waals surface area contributed by atoms with Gasteiger partial charge in [0, 0.05) is 54.3 Å². The van der Waals surface area contributed by atoms with Crippen molar-refractivity contribution < 1.29 is 0 Å². The first-order valence-electron chi connectivity index (χ1n) is 16.6. The highest BCUT2D eigenvalue weighted by Gasteiger charge is 2.17. The zero-order chi connectivity index (χ0) is 32.6. The molecule has 1 heterocycles. The first-order chi connectivity index (χ1) is 24.3. The van der Waals surface area contributed by atoms with Gasteiger partial charge in [-0.05, 0) is 101 Å². The van der Waals surface area contributed by atoms with E-state index in [1.165, 1.54) is 42.1 Å². The molecule has 232 valence electrons. The van der Waals surface area contributed by atoms with E-state index >= 15 is 0 Å². The number of rotatable bonds is 7. The summed E-state index contributed by atoms with van der Waals surface area (Å²) >= 11 is 1.85. The van der Waals surface area contributed by atoms with Gasteiger partial charge in [0.15, 0.2) is 0 Å². The second kappa shape index (κ2) is 12.5. The zero-order valence-corrected chi connectivity index (χ0v) is 27.6. The minimum Gasteiger partial charge on any atom is -0.311 e. The minimum atomic E-state index is 1.10. The summed E-state index contributed by atoms with van der Waals surface area (Å²) in [7, 11) is 0. The lowest BCUT2D eigenvalue weighted by Gasteiger charge is -2.28. The standard InChI is InChI=1S/C46H32N2S/c1-3-14-35(15-4-1)47(37-24-22-34(23-25-37)42-20-11-13-33-12-7-8-18-41(33)42)38-26-28-39(29-27-38)48(36-16-5-2-6-17-36)40-30-31-44-43-19-9-10-21-45(43)49-46(44)32-40/h1-32H. The molecule has 0 aliphatic heterocycles. The van der Waals surface area contributed by atoms with Crippen molar-refractivity contribution in [2.75, 3.05) is 9.80 Å². The summed E-state index contributed by atoms with van der Waals surface area (Å²) in [6, 6.07) is 69.8. The lowest BCUT2D eigenvalue weighted by atomic mass is 9.98. The molecule has 0 aliphatic rings. The maximum absolute atomic E-state index is 2.35. The lowest BCUT2D eigenvalue weighted by molar-refractivity contribution is 1.26. The molecule has 9 rings (SSSR count). The van der Waals surface area contributed by atoms with E-state index in [2.05, 4.69) is 204 Å². The molecule has 0 radical (unpaired) electrons. The van der Waals surface area contributed by atoms with Crippen molar-refractivity contribution in [2.24, 2.45) is 0 Å². The van der Waals surface area contributed by atoms with E-state index in [0.717, 1.165) is 34.1 Å². The normalized spacial score (nSPS) is 11.3. The van der Waals surface area contributed by atoms with Gasteiger partial charge in [-0.25, -0.2) is 0 Å². The first-order valence-corrected chi connectivity index (χ1v) is 17.4. The van der Waals surface area contributed by atoms with Crippen molar-refractivity contribution in [3.8, 4) is 11.1 Å². The maximum atomic E-state index is 2.35. The fourth-order valence-corrected chi connectivity index (χ4v) is 8.06. The summed E-state index contributed by atoms with van der Waals surface area (Å²) in [4.78, 5) is 4.67. The van der Waals surface area contributed by atoms with Crippen LogP contribution >= 0.6 is 11.3 Å². The third-order valence-electron chi connectivity index (χ3n) is 9.24. The Bertz CT molecular complexity index is 2530. The van der Waals surface area contributed by atoms with Gasteiger partial charge in [-0.1, -0.05) is 115 Å². The molecular formula is C46H32N2S. The average molecular weight is 645 g/mol. The van der Waals surface area contributed by atoms with E-state index in [1.54, 1.807) is 0 Å². The Balaban J connectivity index is 1.11. The molecule has 0 N–H and O–H groups in total. The summed E-state index contributed by atoms with van der Waals surface area (Å²) in [6.07, 6.45) is 0. The number of thiophene rings is 1. The van der Waals surface area contributed by atoms with Crippen molar-refractivity contribution in [2.45, 2.75) is 0 Å². The number of para-hydroxylation sites is 2. The molecule has 0 unspecified atom stereocenters. The van der Waals surface area contributed by atoms with Crippen LogP contribution in [0.3, 0.4) is 0 Å². The molecule has 0 saturated heterocycles. The smallest absolute Gasteiger partial charge is 0.0476 e. The minimum absolute atomic E-state index is 1.10. The SMILES string of the molecule is c1ccc(N(c2ccc(-c3cccc4ccccc34)cc2)c2ccc(N(c3ccccc3)c3ccc4c(c3)sc3ccccc34)cc2)cc1. The molecule has 0 bridgehead atoms. The summed E-state index contributed by atoms with van der Waals surface area (Å²) in [6.45, 7) is 0. The monoisotopic (exact) mass is 644 g/mol. The average Bonchev–Trinajstić information content (AvgIpc) is 3.55. The van der Waals surface area contributed by atoms with E-state index in [4.69, 9.17) is 0 Å². The summed E-state index contributed by atoms with van der Waals surface area (Å²) in [5.74, 6) is 0. The van der Waals surface area contributed by atoms with Gasteiger partial charge in [0.2, 0.25) is 0 Å². The Labute approximate surface area is 290 Å². The molecule has 0 atom stereocenters. The molecule has 2 nitrogen and oxygen atoms in total. The van der Waals surface area contributed by atoms with E-state index in [0.29, 0.717) is 0 Å². The van der Waals surface area contributed by atoms with Gasteiger partial charge in [-0.15, -0.1) is 11.3 Å². The van der Waals surface area contributed by atoms with Crippen LogP contribution in [-0.4, -0.2) is 0 Å². The molecule has 0 aliphatic carbocycles. The van der Waals surface area contributed by atoms with Crippen LogP contribution in [-0.2, 0) is 0 Å². The molecule has 0 amide bonds. The Morgan fingerprint density at radius 3 is 1.45 bits per heavy atom. The van der Waals surface area contributed by atoms with Crippen LogP contribution in [0.4, 0.5) is 34.1 Å². The third kappa shape index (κ3) is 5.41. The van der Waals surface area contributed by atoms with E-state index < -0.39 is 0 Å². The number of hydrogen-bond acceptors (Lipinski definition) is 3. The van der Waals surface area contributed by atoms with Gasteiger partial charge < -0.3 is 9.80 Å². The summed E-state index contributed by atoms with van der Waals surface area (Å²) in [5.41, 5.74) is 9.15. The predicted molar refractivity (Wildman–Crippen MR) is 212 cm³/mol. The molecule has 0 spiro atoms. The van der Waals surface area contributed by atoms with Gasteiger partial charge >= 0.3 is 0 Å². The quantitative estimate of drug-likeness (QED) is 0.170. The van der Waals surface area contributed by atoms with Crippen molar-refractivity contribution in [3.05, 3.63) is 194 Å². The summed E-state index contributed by atoms with van der Waals surface area (Å²) in [5, 5.41) is 5.14. The number of anilines is 6. The molecule has 1 aromatic heterocycles. The highest BCUT2D eigenvalue weighted by Crippen LogP contribution is 2.42. The first kappa shape index (κ1) is 29.0.